The maximum Gasteiger partial charge on any atom is 0.267 e. The topological polar surface area (TPSA) is 9.23 Å². The highest BCUT2D eigenvalue weighted by molar-refractivity contribution is 9.72. The molecule has 1 aliphatic carbocycles. The summed E-state index contributed by atoms with van der Waals surface area (Å²) in [6.07, 6.45) is 19.6. The predicted molar refractivity (Wildman–Crippen MR) is 146 cm³/mol. The van der Waals surface area contributed by atoms with Crippen molar-refractivity contribution in [1.29, 1.82) is 0 Å². The van der Waals surface area contributed by atoms with Gasteiger partial charge in [0.2, 0.25) is 0 Å². The summed E-state index contributed by atoms with van der Waals surface area (Å²) in [7, 11) is 0. The molecule has 1 aromatic rings. The molecule has 0 aliphatic heterocycles. The number of hydrogen-bond acceptors (Lipinski definition) is 1. The van der Waals surface area contributed by atoms with E-state index in [2.05, 4.69) is 77.1 Å². The molecule has 0 bridgehead atoms. The number of hydrogen-bond donors (Lipinski definition) is 0. The van der Waals surface area contributed by atoms with Crippen molar-refractivity contribution >= 4 is 49.8 Å². The third kappa shape index (κ3) is 12.1. The highest BCUT2D eigenvalue weighted by Gasteiger charge is 2.22. The molecule has 5 heteroatoms. The smallest absolute Gasteiger partial charge is 0.267 e. The highest BCUT2D eigenvalue weighted by atomic mass is 80.0. The van der Waals surface area contributed by atoms with Crippen LogP contribution in [0.5, 0.6) is 5.75 Å². The molecule has 1 aromatic carbocycles. The maximum atomic E-state index is 5.91. The van der Waals surface area contributed by atoms with Gasteiger partial charge in [-0.1, -0.05) is 123 Å². The van der Waals surface area contributed by atoms with Crippen molar-refractivity contribution in [3.63, 3.8) is 0 Å². The van der Waals surface area contributed by atoms with Crippen molar-refractivity contribution in [1.82, 2.24) is 0 Å². The van der Waals surface area contributed by atoms with E-state index in [9.17, 15) is 0 Å². The van der Waals surface area contributed by atoms with E-state index in [0.717, 1.165) is 36.7 Å². The molecule has 0 heterocycles. The third-order valence-corrected chi connectivity index (χ3v) is 11.0. The highest BCUT2D eigenvalue weighted by Crippen LogP contribution is 2.38. The SMILES string of the molecule is CCCCCCCCCCC1CCC(c2ccc(OCCC[Si](Br)(Br)Br)cc2)CC1. The van der Waals surface area contributed by atoms with Crippen molar-refractivity contribution in [2.45, 2.75) is 109 Å². The van der Waals surface area contributed by atoms with Crippen LogP contribution >= 0.6 is 45.9 Å². The minimum absolute atomic E-state index is 0.760. The van der Waals surface area contributed by atoms with Gasteiger partial charge in [0.15, 0.2) is 0 Å². The maximum absolute atomic E-state index is 5.91. The van der Waals surface area contributed by atoms with Crippen LogP contribution in [0.3, 0.4) is 0 Å². The second-order valence-electron chi connectivity index (χ2n) is 9.12. The second-order valence-corrected chi connectivity index (χ2v) is 32.6. The molecule has 0 radical (unpaired) electrons. The van der Waals surface area contributed by atoms with E-state index in [1.807, 2.05) is 0 Å². The molecule has 2 rings (SSSR count). The molecule has 172 valence electrons. The van der Waals surface area contributed by atoms with E-state index in [1.54, 1.807) is 0 Å². The summed E-state index contributed by atoms with van der Waals surface area (Å²) in [5, 5.41) is 0. The average molecular weight is 625 g/mol. The molecule has 1 nitrogen and oxygen atoms in total. The van der Waals surface area contributed by atoms with Crippen molar-refractivity contribution in [2.75, 3.05) is 6.61 Å². The van der Waals surface area contributed by atoms with E-state index in [1.165, 1.54) is 89.0 Å². The zero-order chi connectivity index (χ0) is 21.7. The van der Waals surface area contributed by atoms with Crippen molar-refractivity contribution in [3.8, 4) is 5.75 Å². The van der Waals surface area contributed by atoms with E-state index in [0.29, 0.717) is 0 Å². The van der Waals surface area contributed by atoms with Gasteiger partial charge in [0, 0.05) is 0 Å². The number of ether oxygens (including phenoxy) is 1. The minimum Gasteiger partial charge on any atom is -0.494 e. The van der Waals surface area contributed by atoms with Crippen molar-refractivity contribution in [2.24, 2.45) is 5.92 Å². The van der Waals surface area contributed by atoms with Crippen LogP contribution in [-0.4, -0.2) is 10.5 Å². The Bertz CT molecular complexity index is 551. The van der Waals surface area contributed by atoms with Gasteiger partial charge in [0.1, 0.15) is 5.75 Å². The summed E-state index contributed by atoms with van der Waals surface area (Å²) >= 11 is 11.0. The van der Waals surface area contributed by atoms with Crippen molar-refractivity contribution < 1.29 is 4.74 Å². The zero-order valence-corrected chi connectivity index (χ0v) is 24.6. The molecule has 0 unspecified atom stereocenters. The summed E-state index contributed by atoms with van der Waals surface area (Å²) in [6.45, 7) is 3.08. The zero-order valence-electron chi connectivity index (χ0n) is 18.8. The van der Waals surface area contributed by atoms with Crippen LogP contribution in [0.1, 0.15) is 108 Å². The van der Waals surface area contributed by atoms with Gasteiger partial charge in [-0.2, -0.15) is 0 Å². The van der Waals surface area contributed by atoms with Gasteiger partial charge in [-0.25, -0.2) is 0 Å². The molecule has 0 atom stereocenters. The average Bonchev–Trinajstić information content (AvgIpc) is 2.73. The fourth-order valence-electron chi connectivity index (χ4n) is 4.65. The van der Waals surface area contributed by atoms with Crippen LogP contribution in [0.2, 0.25) is 6.04 Å². The second kappa shape index (κ2) is 15.5. The number of benzene rings is 1. The normalized spacial score (nSPS) is 19.7. The van der Waals surface area contributed by atoms with Gasteiger partial charge < -0.3 is 4.74 Å². The standard InChI is InChI=1S/C25H41Br3OSi/c1-2-3-4-5-6-7-8-9-11-22-12-14-23(15-13-22)24-16-18-25(19-17-24)29-20-10-21-30(26,27)28/h16-19,22-23H,2-15,20-21H2,1H3. The number of halogens is 3. The van der Waals surface area contributed by atoms with Crippen LogP contribution in [0.25, 0.3) is 0 Å². The van der Waals surface area contributed by atoms with Crippen molar-refractivity contribution in [3.05, 3.63) is 29.8 Å². The molecule has 1 saturated carbocycles. The van der Waals surface area contributed by atoms with Gasteiger partial charge in [0.25, 0.3) is 3.93 Å². The van der Waals surface area contributed by atoms with Gasteiger partial charge in [-0.05, 0) is 67.7 Å². The first-order chi connectivity index (χ1) is 14.5. The molecule has 0 aromatic heterocycles. The monoisotopic (exact) mass is 622 g/mol. The van der Waals surface area contributed by atoms with Crippen LogP contribution < -0.4 is 4.74 Å². The largest absolute Gasteiger partial charge is 0.494 e. The third-order valence-electron chi connectivity index (χ3n) is 6.54. The van der Waals surface area contributed by atoms with Crippen LogP contribution in [0.4, 0.5) is 0 Å². The van der Waals surface area contributed by atoms with Gasteiger partial charge >= 0.3 is 0 Å². The Hall–Kier alpha value is 0.677. The summed E-state index contributed by atoms with van der Waals surface area (Å²) in [5.74, 6) is 2.75. The summed E-state index contributed by atoms with van der Waals surface area (Å²) in [4.78, 5) is 0. The number of unbranched alkanes of at least 4 members (excludes halogenated alkanes) is 7. The number of rotatable bonds is 15. The van der Waals surface area contributed by atoms with E-state index >= 15 is 0 Å². The first-order valence-electron chi connectivity index (χ1n) is 12.3. The Labute approximate surface area is 210 Å². The fraction of sp³-hybridized carbons (Fsp3) is 0.760. The molecule has 0 spiro atoms. The molecule has 0 saturated heterocycles. The lowest BCUT2D eigenvalue weighted by atomic mass is 9.77. The quantitative estimate of drug-likeness (QED) is 0.107. The molecular weight excluding hydrogens is 584 g/mol. The summed E-state index contributed by atoms with van der Waals surface area (Å²) in [5.41, 5.74) is 1.51. The van der Waals surface area contributed by atoms with Gasteiger partial charge in [0.05, 0.1) is 6.61 Å². The Morgan fingerprint density at radius 1 is 0.800 bits per heavy atom. The summed E-state index contributed by atoms with van der Waals surface area (Å²) < 4.78 is 4.42. The first-order valence-corrected chi connectivity index (χ1v) is 21.2. The first kappa shape index (κ1) is 26.9. The lowest BCUT2D eigenvalue weighted by Crippen LogP contribution is -2.13. The molecule has 0 N–H and O–H groups in total. The van der Waals surface area contributed by atoms with E-state index in [-0.39, 0.29) is 0 Å². The molecule has 1 fully saturated rings. The van der Waals surface area contributed by atoms with Crippen LogP contribution in [0.15, 0.2) is 24.3 Å². The van der Waals surface area contributed by atoms with E-state index in [4.69, 9.17) is 4.74 Å². The molecular formula is C25H41Br3OSi. The molecule has 0 amide bonds. The summed E-state index contributed by atoms with van der Waals surface area (Å²) in [6, 6.07) is 10.0. The molecule has 30 heavy (non-hydrogen) atoms. The fourth-order valence-corrected chi connectivity index (χ4v) is 7.72. The predicted octanol–water partition coefficient (Wildman–Crippen LogP) is 10.4. The molecule has 1 aliphatic rings. The van der Waals surface area contributed by atoms with E-state index < -0.39 is 3.93 Å². The Kier molecular flexibility index (Phi) is 13.9. The Balaban J connectivity index is 1.56. The minimum atomic E-state index is -1.49. The lowest BCUT2D eigenvalue weighted by Gasteiger charge is -2.29. The lowest BCUT2D eigenvalue weighted by molar-refractivity contribution is 0.301. The Morgan fingerprint density at radius 3 is 2.00 bits per heavy atom. The van der Waals surface area contributed by atoms with Crippen LogP contribution in [0, 0.1) is 5.92 Å². The van der Waals surface area contributed by atoms with Gasteiger partial charge in [-0.15, -0.1) is 0 Å². The Morgan fingerprint density at radius 2 is 1.40 bits per heavy atom. The van der Waals surface area contributed by atoms with Gasteiger partial charge in [-0.3, -0.25) is 0 Å². The van der Waals surface area contributed by atoms with Crippen LogP contribution in [-0.2, 0) is 0 Å².